The standard InChI is InChI=1S/C6H11O3/c1-6(2,9-4)5(7)8-3/h4H2,1-3H3. The molecular formula is C6H11O3. The van der Waals surface area contributed by atoms with Crippen molar-refractivity contribution in [3.8, 4) is 0 Å². The van der Waals surface area contributed by atoms with Gasteiger partial charge in [-0.05, 0) is 13.8 Å². The van der Waals surface area contributed by atoms with Gasteiger partial charge >= 0.3 is 5.97 Å². The maximum Gasteiger partial charge on any atom is 0.337 e. The second kappa shape index (κ2) is 2.82. The molecular weight excluding hydrogens is 120 g/mol. The van der Waals surface area contributed by atoms with Crippen LogP contribution in [0.4, 0.5) is 0 Å². The molecule has 0 saturated carbocycles. The van der Waals surface area contributed by atoms with Crippen LogP contribution in [0, 0.1) is 7.11 Å². The molecule has 3 heteroatoms. The van der Waals surface area contributed by atoms with Crippen molar-refractivity contribution in [2.75, 3.05) is 7.11 Å². The van der Waals surface area contributed by atoms with Crippen LogP contribution in [0.1, 0.15) is 13.8 Å². The van der Waals surface area contributed by atoms with Gasteiger partial charge in [-0.15, -0.1) is 0 Å². The third kappa shape index (κ3) is 2.01. The van der Waals surface area contributed by atoms with E-state index in [1.165, 1.54) is 7.11 Å². The molecule has 0 rings (SSSR count). The highest BCUT2D eigenvalue weighted by atomic mass is 16.6. The zero-order valence-electron chi connectivity index (χ0n) is 5.93. The number of hydrogen-bond donors (Lipinski definition) is 0. The predicted molar refractivity (Wildman–Crippen MR) is 32.5 cm³/mol. The minimum atomic E-state index is -0.922. The largest absolute Gasteiger partial charge is 0.467 e. The Morgan fingerprint density at radius 2 is 2.00 bits per heavy atom. The molecule has 0 aliphatic heterocycles. The fourth-order valence-electron chi connectivity index (χ4n) is 0.305. The van der Waals surface area contributed by atoms with E-state index in [2.05, 4.69) is 16.6 Å². The monoisotopic (exact) mass is 131 g/mol. The fraction of sp³-hybridized carbons (Fsp3) is 0.667. The highest BCUT2D eigenvalue weighted by molar-refractivity contribution is 5.78. The van der Waals surface area contributed by atoms with Crippen molar-refractivity contribution in [1.29, 1.82) is 0 Å². The molecule has 53 valence electrons. The Labute approximate surface area is 55.0 Å². The molecule has 0 aromatic carbocycles. The van der Waals surface area contributed by atoms with Gasteiger partial charge in [0.25, 0.3) is 0 Å². The fourth-order valence-corrected chi connectivity index (χ4v) is 0.305. The van der Waals surface area contributed by atoms with E-state index in [0.29, 0.717) is 0 Å². The Balaban J connectivity index is 3.97. The molecule has 9 heavy (non-hydrogen) atoms. The minimum Gasteiger partial charge on any atom is -0.467 e. The SMILES string of the molecule is [CH2]OC(C)(C)C(=O)OC. The first-order chi connectivity index (χ1) is 4.04. The summed E-state index contributed by atoms with van der Waals surface area (Å²) >= 11 is 0. The molecule has 0 bridgehead atoms. The lowest BCUT2D eigenvalue weighted by Crippen LogP contribution is -2.33. The normalized spacial score (nSPS) is 11.1. The van der Waals surface area contributed by atoms with Crippen LogP contribution in [0.25, 0.3) is 0 Å². The summed E-state index contributed by atoms with van der Waals surface area (Å²) in [5.41, 5.74) is -0.922. The Kier molecular flexibility index (Phi) is 2.65. The first-order valence-corrected chi connectivity index (χ1v) is 2.56. The van der Waals surface area contributed by atoms with E-state index in [-0.39, 0.29) is 0 Å². The van der Waals surface area contributed by atoms with Gasteiger partial charge in [0.05, 0.1) is 14.2 Å². The molecule has 0 unspecified atom stereocenters. The second-order valence-electron chi connectivity index (χ2n) is 2.15. The predicted octanol–water partition coefficient (Wildman–Crippen LogP) is 0.746. The molecule has 1 radical (unpaired) electrons. The first kappa shape index (κ1) is 8.43. The highest BCUT2D eigenvalue weighted by Gasteiger charge is 2.27. The zero-order valence-corrected chi connectivity index (χ0v) is 5.93. The van der Waals surface area contributed by atoms with E-state index in [4.69, 9.17) is 0 Å². The summed E-state index contributed by atoms with van der Waals surface area (Å²) in [6.45, 7) is 3.18. The van der Waals surface area contributed by atoms with E-state index >= 15 is 0 Å². The highest BCUT2D eigenvalue weighted by Crippen LogP contribution is 2.08. The van der Waals surface area contributed by atoms with Gasteiger partial charge in [-0.25, -0.2) is 4.79 Å². The molecule has 0 heterocycles. The van der Waals surface area contributed by atoms with Crippen LogP contribution in [0.5, 0.6) is 0 Å². The van der Waals surface area contributed by atoms with Crippen LogP contribution in [-0.2, 0) is 14.3 Å². The van der Waals surface area contributed by atoms with Crippen molar-refractivity contribution in [2.24, 2.45) is 0 Å². The van der Waals surface area contributed by atoms with Crippen LogP contribution in [0.15, 0.2) is 0 Å². The number of carbonyl (C=O) groups excluding carboxylic acids is 1. The van der Waals surface area contributed by atoms with Crippen LogP contribution in [0.3, 0.4) is 0 Å². The van der Waals surface area contributed by atoms with Gasteiger partial charge in [0.15, 0.2) is 5.60 Å². The average molecular weight is 131 g/mol. The molecule has 0 N–H and O–H groups in total. The molecule has 0 saturated heterocycles. The van der Waals surface area contributed by atoms with Crippen molar-refractivity contribution >= 4 is 5.97 Å². The molecule has 0 aliphatic carbocycles. The van der Waals surface area contributed by atoms with Gasteiger partial charge in [-0.1, -0.05) is 0 Å². The Morgan fingerprint density at radius 1 is 1.56 bits per heavy atom. The number of esters is 1. The lowest BCUT2D eigenvalue weighted by molar-refractivity contribution is -0.159. The van der Waals surface area contributed by atoms with Crippen LogP contribution in [0.2, 0.25) is 0 Å². The van der Waals surface area contributed by atoms with Gasteiger partial charge in [-0.3, -0.25) is 0 Å². The molecule has 0 amide bonds. The van der Waals surface area contributed by atoms with Gasteiger partial charge in [0.1, 0.15) is 0 Å². The molecule has 3 nitrogen and oxygen atoms in total. The van der Waals surface area contributed by atoms with Crippen LogP contribution < -0.4 is 0 Å². The maximum absolute atomic E-state index is 10.7. The topological polar surface area (TPSA) is 35.5 Å². The summed E-state index contributed by atoms with van der Waals surface area (Å²) < 4.78 is 8.97. The Hall–Kier alpha value is -0.570. The summed E-state index contributed by atoms with van der Waals surface area (Å²) in [4.78, 5) is 10.7. The van der Waals surface area contributed by atoms with E-state index in [0.717, 1.165) is 0 Å². The van der Waals surface area contributed by atoms with Crippen molar-refractivity contribution in [2.45, 2.75) is 19.4 Å². The average Bonchev–Trinajstić information content (AvgIpc) is 1.86. The van der Waals surface area contributed by atoms with E-state index in [9.17, 15) is 4.79 Å². The number of methoxy groups -OCH3 is 1. The smallest absolute Gasteiger partial charge is 0.337 e. The van der Waals surface area contributed by atoms with E-state index in [1.54, 1.807) is 13.8 Å². The molecule has 0 atom stereocenters. The Bertz CT molecular complexity index is 107. The van der Waals surface area contributed by atoms with Crippen molar-refractivity contribution < 1.29 is 14.3 Å². The lowest BCUT2D eigenvalue weighted by atomic mass is 10.1. The Morgan fingerprint density at radius 3 is 2.11 bits per heavy atom. The third-order valence-corrected chi connectivity index (χ3v) is 1.04. The summed E-state index contributed by atoms with van der Waals surface area (Å²) in [6.07, 6.45) is 0. The molecule has 0 fully saturated rings. The number of ether oxygens (including phenoxy) is 2. The lowest BCUT2D eigenvalue weighted by Gasteiger charge is -2.18. The summed E-state index contributed by atoms with van der Waals surface area (Å²) in [5, 5.41) is 0. The number of rotatable bonds is 2. The van der Waals surface area contributed by atoms with Crippen molar-refractivity contribution in [3.63, 3.8) is 0 Å². The van der Waals surface area contributed by atoms with Crippen molar-refractivity contribution in [3.05, 3.63) is 7.11 Å². The second-order valence-corrected chi connectivity index (χ2v) is 2.15. The quantitative estimate of drug-likeness (QED) is 0.519. The third-order valence-electron chi connectivity index (χ3n) is 1.04. The van der Waals surface area contributed by atoms with E-state index in [1.807, 2.05) is 0 Å². The molecule has 0 aliphatic rings. The molecule has 0 aromatic rings. The maximum atomic E-state index is 10.7. The van der Waals surface area contributed by atoms with Crippen LogP contribution >= 0.6 is 0 Å². The first-order valence-electron chi connectivity index (χ1n) is 2.56. The van der Waals surface area contributed by atoms with Gasteiger partial charge in [0, 0.05) is 0 Å². The minimum absolute atomic E-state index is 0.419. The van der Waals surface area contributed by atoms with Gasteiger partial charge < -0.3 is 9.47 Å². The molecule has 0 spiro atoms. The number of hydrogen-bond acceptors (Lipinski definition) is 3. The summed E-state index contributed by atoms with van der Waals surface area (Å²) in [5.74, 6) is -0.419. The zero-order chi connectivity index (χ0) is 7.49. The summed E-state index contributed by atoms with van der Waals surface area (Å²) in [6, 6.07) is 0. The van der Waals surface area contributed by atoms with Crippen LogP contribution in [-0.4, -0.2) is 18.7 Å². The van der Waals surface area contributed by atoms with Gasteiger partial charge in [-0.2, -0.15) is 0 Å². The molecule has 0 aromatic heterocycles. The number of carbonyl (C=O) groups is 1. The van der Waals surface area contributed by atoms with Gasteiger partial charge in [0.2, 0.25) is 0 Å². The summed E-state index contributed by atoms with van der Waals surface area (Å²) in [7, 11) is 4.43. The van der Waals surface area contributed by atoms with Crippen molar-refractivity contribution in [1.82, 2.24) is 0 Å². The van der Waals surface area contributed by atoms with E-state index < -0.39 is 11.6 Å².